The lowest BCUT2D eigenvalue weighted by molar-refractivity contribution is -0.380. The first-order chi connectivity index (χ1) is 36.7. The van der Waals surface area contributed by atoms with E-state index in [-0.39, 0.29) is 50.4 Å². The summed E-state index contributed by atoms with van der Waals surface area (Å²) in [4.78, 5) is 25.4. The fourth-order valence-corrected chi connectivity index (χ4v) is 12.2. The number of allylic oxidation sites excluding steroid dienone is 2. The fourth-order valence-electron chi connectivity index (χ4n) is 12.2. The first kappa shape index (κ1) is 60.6. The van der Waals surface area contributed by atoms with Gasteiger partial charge in [0.2, 0.25) is 0 Å². The van der Waals surface area contributed by atoms with Crippen LogP contribution in [0.3, 0.4) is 0 Å². The van der Waals surface area contributed by atoms with E-state index in [4.69, 9.17) is 42.6 Å². The van der Waals surface area contributed by atoms with Crippen LogP contribution in [-0.2, 0) is 52.2 Å². The highest BCUT2D eigenvalue weighted by Gasteiger charge is 2.56. The minimum absolute atomic E-state index is 0.0205. The van der Waals surface area contributed by atoms with Gasteiger partial charge in [-0.1, -0.05) is 12.2 Å². The number of hydrogen-bond donors (Lipinski definition) is 15. The van der Waals surface area contributed by atoms with Crippen molar-refractivity contribution in [3.63, 3.8) is 0 Å². The molecule has 0 aromatic rings. The Balaban J connectivity index is 0.976. The van der Waals surface area contributed by atoms with Crippen LogP contribution in [0.2, 0.25) is 0 Å². The first-order valence-corrected chi connectivity index (χ1v) is 27.1. The van der Waals surface area contributed by atoms with Crippen LogP contribution in [0.4, 0.5) is 0 Å². The molecular weight excluding hydrogens is 1030 g/mol. The van der Waals surface area contributed by atoms with Gasteiger partial charge in [-0.2, -0.15) is 0 Å². The molecule has 4 aliphatic carbocycles. The zero-order valence-corrected chi connectivity index (χ0v) is 42.6. The number of rotatable bonds is 16. The molecule has 8 aliphatic rings. The smallest absolute Gasteiger partial charge is 0.330 e. The molecule has 8 rings (SSSR count). The first-order valence-electron chi connectivity index (χ1n) is 27.1. The van der Waals surface area contributed by atoms with Gasteiger partial charge in [-0.05, 0) is 94.8 Å². The van der Waals surface area contributed by atoms with Crippen molar-refractivity contribution in [3.05, 3.63) is 24.3 Å². The van der Waals surface area contributed by atoms with Crippen LogP contribution < -0.4 is 0 Å². The average Bonchev–Trinajstić information content (AvgIpc) is 3.43. The Labute approximate surface area is 444 Å². The molecular formula is C51H80O26. The number of esters is 2. The van der Waals surface area contributed by atoms with E-state index >= 15 is 0 Å². The summed E-state index contributed by atoms with van der Waals surface area (Å²) in [6, 6.07) is 0. The standard InChI is InChI=1S/C51H80O26/c52-18-34-39(61)44(66)48(77-50-46(68)43(65)41(63)36(76-50)20-69-37(59)11-4-21-1-7-24(53)8-2-21)51(74-34)73-33-17-26-31(71-47(33)23-6-10-28(56)30(58)14-23)15-25(54)16-32(26)72-49-45(67)42(64)40(62)35(75-49)19-70-38(60)12-5-22-3-9-27(55)29(57)13-22/h4-5,11-12,21-36,39-58,61-68H,1-3,6-10,13-20H2/t21?,22?,23?,24?,25?,26?,27?,28?,29?,30?,31?,32?,33?,34-,35-,36-,39-,40-,41-,42+,43+,44+,45-,46-,47?,48-,49-,50+,51-/m1/s1. The molecule has 0 amide bonds. The molecule has 27 atom stereocenters. The molecule has 0 bridgehead atoms. The third kappa shape index (κ3) is 14.8. The van der Waals surface area contributed by atoms with Gasteiger partial charge in [-0.3, -0.25) is 0 Å². The SMILES string of the molecule is O=C(C=CC1CCC(O)C(O)C1)OC[C@H]1O[C@@H](OC2CC(O)CC3OC(C4CCC(O)C(O)C4)C(O[C@@H]4O[C@H](CO)[C@@H](O)[C@H](O)[C@H]4O[C@@H]4O[C@H](COC(=O)C=CC5CCC(O)CC5)[C@@H](O)[C@H](O)[C@H]4O)CC32)[C@H](O)[C@@H](O)[C@@H]1O. The van der Waals surface area contributed by atoms with E-state index in [0.717, 1.165) is 6.08 Å². The predicted octanol–water partition coefficient (Wildman–Crippen LogP) is -5.08. The normalized spacial score (nSPS) is 49.1. The molecule has 0 aromatic heterocycles. The van der Waals surface area contributed by atoms with E-state index in [1.807, 2.05) is 0 Å². The number of carbonyl (C=O) groups is 2. The molecule has 4 saturated carbocycles. The quantitative estimate of drug-likeness (QED) is 0.0508. The maximum Gasteiger partial charge on any atom is 0.330 e. The molecule has 0 spiro atoms. The van der Waals surface area contributed by atoms with Crippen molar-refractivity contribution in [1.82, 2.24) is 0 Å². The summed E-state index contributed by atoms with van der Waals surface area (Å²) in [5.74, 6) is -3.05. The van der Waals surface area contributed by atoms with Gasteiger partial charge in [0.05, 0.1) is 67.6 Å². The van der Waals surface area contributed by atoms with E-state index in [0.29, 0.717) is 44.9 Å². The van der Waals surface area contributed by atoms with Crippen LogP contribution in [-0.4, -0.2) is 262 Å². The number of carbonyl (C=O) groups excluding carboxylic acids is 2. The van der Waals surface area contributed by atoms with Crippen molar-refractivity contribution < 1.29 is 129 Å². The van der Waals surface area contributed by atoms with Gasteiger partial charge in [0.15, 0.2) is 18.9 Å². The molecule has 26 nitrogen and oxygen atoms in total. The minimum Gasteiger partial charge on any atom is -0.460 e. The summed E-state index contributed by atoms with van der Waals surface area (Å²) in [6.07, 6.45) is -26.3. The largest absolute Gasteiger partial charge is 0.460 e. The Morgan fingerprint density at radius 3 is 1.55 bits per heavy atom. The topological polar surface area (TPSA) is 421 Å². The predicted molar refractivity (Wildman–Crippen MR) is 255 cm³/mol. The summed E-state index contributed by atoms with van der Waals surface area (Å²) in [5, 5.41) is 161. The third-order valence-corrected chi connectivity index (χ3v) is 16.9. The number of aliphatic hydroxyl groups excluding tert-OH is 15. The molecule has 4 heterocycles. The Hall–Kier alpha value is -2.46. The lowest BCUT2D eigenvalue weighted by Crippen LogP contribution is -2.66. The number of fused-ring (bicyclic) bond motifs is 1. The van der Waals surface area contributed by atoms with E-state index < -0.39 is 197 Å². The highest BCUT2D eigenvalue weighted by Crippen LogP contribution is 2.45. The number of aliphatic hydroxyl groups is 15. The minimum atomic E-state index is -2.01. The summed E-state index contributed by atoms with van der Waals surface area (Å²) in [7, 11) is 0. The van der Waals surface area contributed by atoms with Gasteiger partial charge in [0.25, 0.3) is 0 Å². The summed E-state index contributed by atoms with van der Waals surface area (Å²) in [5.41, 5.74) is 0. The van der Waals surface area contributed by atoms with Crippen molar-refractivity contribution in [2.75, 3.05) is 19.8 Å². The Morgan fingerprint density at radius 2 is 0.961 bits per heavy atom. The van der Waals surface area contributed by atoms with Crippen molar-refractivity contribution in [2.45, 2.75) is 237 Å². The Bertz CT molecular complexity index is 1940. The van der Waals surface area contributed by atoms with Gasteiger partial charge in [-0.15, -0.1) is 0 Å². The molecule has 0 radical (unpaired) electrons. The van der Waals surface area contributed by atoms with Crippen LogP contribution in [0.1, 0.15) is 83.5 Å². The van der Waals surface area contributed by atoms with Gasteiger partial charge in [0.1, 0.15) is 86.5 Å². The van der Waals surface area contributed by atoms with Gasteiger partial charge >= 0.3 is 11.9 Å². The lowest BCUT2D eigenvalue weighted by atomic mass is 9.72. The molecule has 26 heteroatoms. The van der Waals surface area contributed by atoms with E-state index in [9.17, 15) is 86.2 Å². The zero-order chi connectivity index (χ0) is 55.4. The monoisotopic (exact) mass is 1110 g/mol. The molecule has 0 aromatic carbocycles. The lowest BCUT2D eigenvalue weighted by Gasteiger charge is -2.53. The van der Waals surface area contributed by atoms with Crippen molar-refractivity contribution in [1.29, 1.82) is 0 Å². The van der Waals surface area contributed by atoms with Gasteiger partial charge < -0.3 is 119 Å². The van der Waals surface area contributed by atoms with Gasteiger partial charge in [0, 0.05) is 24.5 Å². The molecule has 4 saturated heterocycles. The van der Waals surface area contributed by atoms with Crippen LogP contribution in [0.5, 0.6) is 0 Å². The fraction of sp³-hybridized carbons (Fsp3) is 0.882. The maximum atomic E-state index is 12.7. The van der Waals surface area contributed by atoms with Crippen LogP contribution in [0, 0.1) is 23.7 Å². The number of ether oxygens (including phenoxy) is 9. The second kappa shape index (κ2) is 27.1. The van der Waals surface area contributed by atoms with E-state index in [1.54, 1.807) is 12.2 Å². The molecule has 77 heavy (non-hydrogen) atoms. The van der Waals surface area contributed by atoms with Crippen LogP contribution >= 0.6 is 0 Å². The second-order valence-electron chi connectivity index (χ2n) is 22.3. The van der Waals surface area contributed by atoms with Gasteiger partial charge in [-0.25, -0.2) is 9.59 Å². The summed E-state index contributed by atoms with van der Waals surface area (Å²) < 4.78 is 54.2. The molecule has 440 valence electrons. The Kier molecular flexibility index (Phi) is 21.3. The molecule has 4 aliphatic heterocycles. The molecule has 8 fully saturated rings. The highest BCUT2D eigenvalue weighted by molar-refractivity contribution is 5.82. The van der Waals surface area contributed by atoms with E-state index in [1.165, 1.54) is 6.08 Å². The van der Waals surface area contributed by atoms with Crippen LogP contribution in [0.15, 0.2) is 24.3 Å². The molecule has 15 N–H and O–H groups in total. The maximum absolute atomic E-state index is 12.7. The zero-order valence-electron chi connectivity index (χ0n) is 42.6. The summed E-state index contributed by atoms with van der Waals surface area (Å²) >= 11 is 0. The van der Waals surface area contributed by atoms with Crippen molar-refractivity contribution in [2.24, 2.45) is 23.7 Å². The third-order valence-electron chi connectivity index (χ3n) is 16.9. The average molecular weight is 1110 g/mol. The summed E-state index contributed by atoms with van der Waals surface area (Å²) in [6.45, 7) is -2.06. The van der Waals surface area contributed by atoms with E-state index in [2.05, 4.69) is 0 Å². The second-order valence-corrected chi connectivity index (χ2v) is 22.3. The highest BCUT2D eigenvalue weighted by atomic mass is 16.8. The Morgan fingerprint density at radius 1 is 0.442 bits per heavy atom. The number of hydrogen-bond acceptors (Lipinski definition) is 26. The van der Waals surface area contributed by atoms with Crippen molar-refractivity contribution in [3.8, 4) is 0 Å². The van der Waals surface area contributed by atoms with Crippen molar-refractivity contribution >= 4 is 11.9 Å². The van der Waals surface area contributed by atoms with Crippen LogP contribution in [0.25, 0.3) is 0 Å². The molecule has 12 unspecified atom stereocenters.